The van der Waals surface area contributed by atoms with Crippen molar-refractivity contribution in [3.8, 4) is 0 Å². The molecule has 4 heteroatoms. The number of aromatic nitrogens is 1. The first-order valence-electron chi connectivity index (χ1n) is 7.64. The van der Waals surface area contributed by atoms with Gasteiger partial charge in [0.15, 0.2) is 0 Å². The summed E-state index contributed by atoms with van der Waals surface area (Å²) in [5, 5.41) is 9.30. The second-order valence-corrected chi connectivity index (χ2v) is 5.67. The van der Waals surface area contributed by atoms with E-state index in [-0.39, 0.29) is 5.92 Å². The Balaban J connectivity index is 2.24. The molecule has 120 valence electrons. The molecule has 0 aliphatic heterocycles. The molecule has 0 bridgehead atoms. The predicted molar refractivity (Wildman–Crippen MR) is 92.7 cm³/mol. The van der Waals surface area contributed by atoms with Crippen molar-refractivity contribution in [1.29, 1.82) is 0 Å². The first kappa shape index (κ1) is 15.7. The maximum Gasteiger partial charge on any atom is 0.418 e. The number of hydrogen-bond acceptors (Lipinski definition) is 2. The Hall–Kier alpha value is -3.14. The van der Waals surface area contributed by atoms with Gasteiger partial charge in [0.05, 0.1) is 0 Å². The second kappa shape index (κ2) is 6.54. The average Bonchev–Trinajstić information content (AvgIpc) is 2.60. The highest BCUT2D eigenvalue weighted by Crippen LogP contribution is 2.31. The van der Waals surface area contributed by atoms with Crippen LogP contribution in [0.2, 0.25) is 0 Å². The Kier molecular flexibility index (Phi) is 4.29. The Morgan fingerprint density at radius 2 is 1.42 bits per heavy atom. The third kappa shape index (κ3) is 2.99. The zero-order valence-corrected chi connectivity index (χ0v) is 13.2. The fraction of sp³-hybridized carbons (Fsp3) is 0.100. The molecule has 1 aromatic heterocycles. The monoisotopic (exact) mass is 319 g/mol. The number of aryl methyl sites for hydroxylation is 1. The zero-order chi connectivity index (χ0) is 17.1. The molecule has 24 heavy (non-hydrogen) atoms. The summed E-state index contributed by atoms with van der Waals surface area (Å²) in [7, 11) is 0. The molecule has 0 amide bonds. The predicted octanol–water partition coefficient (Wildman–Crippen LogP) is 3.86. The van der Waals surface area contributed by atoms with Crippen LogP contribution in [0.25, 0.3) is 0 Å². The first-order chi connectivity index (χ1) is 11.6. The molecule has 4 nitrogen and oxygen atoms in total. The molecule has 0 unspecified atom stereocenters. The summed E-state index contributed by atoms with van der Waals surface area (Å²) >= 11 is 0. The smallest absolute Gasteiger partial charge is 0.418 e. The summed E-state index contributed by atoms with van der Waals surface area (Å²) < 4.78 is 0.754. The molecular weight excluding hydrogens is 302 g/mol. The Morgan fingerprint density at radius 1 is 0.917 bits per heavy atom. The van der Waals surface area contributed by atoms with Gasteiger partial charge in [-0.2, -0.15) is 0 Å². The molecule has 2 aromatic carbocycles. The number of carboxylic acid groups (broad SMARTS) is 1. The van der Waals surface area contributed by atoms with Gasteiger partial charge in [-0.15, -0.1) is 0 Å². The van der Waals surface area contributed by atoms with E-state index in [2.05, 4.69) is 0 Å². The second-order valence-electron chi connectivity index (χ2n) is 5.67. The summed E-state index contributed by atoms with van der Waals surface area (Å²) in [5.41, 5.74) is 2.75. The van der Waals surface area contributed by atoms with E-state index in [1.54, 1.807) is 13.0 Å². The topological polar surface area (TPSA) is 59.3 Å². The van der Waals surface area contributed by atoms with Gasteiger partial charge in [0.25, 0.3) is 5.56 Å². The molecule has 0 atom stereocenters. The van der Waals surface area contributed by atoms with Crippen molar-refractivity contribution in [3.05, 3.63) is 106 Å². The molecule has 1 heterocycles. The van der Waals surface area contributed by atoms with Crippen LogP contribution in [0.3, 0.4) is 0 Å². The third-order valence-electron chi connectivity index (χ3n) is 4.02. The van der Waals surface area contributed by atoms with Crippen molar-refractivity contribution in [1.82, 2.24) is 4.57 Å². The molecular formula is C20H17NO3. The van der Waals surface area contributed by atoms with E-state index in [0.717, 1.165) is 21.3 Å². The summed E-state index contributed by atoms with van der Waals surface area (Å²) in [4.78, 5) is 23.4. The van der Waals surface area contributed by atoms with Crippen molar-refractivity contribution >= 4 is 6.09 Å². The van der Waals surface area contributed by atoms with E-state index < -0.39 is 11.7 Å². The lowest BCUT2D eigenvalue weighted by atomic mass is 9.85. The summed E-state index contributed by atoms with van der Waals surface area (Å²) in [6.45, 7) is 1.64. The fourth-order valence-electron chi connectivity index (χ4n) is 2.91. The van der Waals surface area contributed by atoms with E-state index in [1.807, 2.05) is 60.7 Å². The van der Waals surface area contributed by atoms with Gasteiger partial charge in [0.1, 0.15) is 0 Å². The molecule has 0 spiro atoms. The number of benzene rings is 2. The number of carbonyl (C=O) groups is 1. The number of hydrogen-bond donors (Lipinski definition) is 1. The van der Waals surface area contributed by atoms with Crippen molar-refractivity contribution < 1.29 is 9.90 Å². The first-order valence-corrected chi connectivity index (χ1v) is 7.64. The van der Waals surface area contributed by atoms with E-state index in [4.69, 9.17) is 0 Å². The van der Waals surface area contributed by atoms with Crippen LogP contribution in [0, 0.1) is 6.92 Å². The van der Waals surface area contributed by atoms with Crippen molar-refractivity contribution in [2.24, 2.45) is 0 Å². The van der Waals surface area contributed by atoms with Crippen molar-refractivity contribution in [2.75, 3.05) is 0 Å². The Bertz CT molecular complexity index is 875. The summed E-state index contributed by atoms with van der Waals surface area (Å²) in [6.07, 6.45) is 0.146. The molecule has 0 radical (unpaired) electrons. The SMILES string of the molecule is Cc1cc(C(c2ccccc2)c2ccccc2)cn(C(=O)O)c1=O. The van der Waals surface area contributed by atoms with Crippen LogP contribution >= 0.6 is 0 Å². The van der Waals surface area contributed by atoms with Gasteiger partial charge in [-0.1, -0.05) is 60.7 Å². The van der Waals surface area contributed by atoms with Gasteiger partial charge in [-0.3, -0.25) is 4.79 Å². The van der Waals surface area contributed by atoms with E-state index in [9.17, 15) is 14.7 Å². The van der Waals surface area contributed by atoms with Crippen LogP contribution in [-0.4, -0.2) is 15.8 Å². The van der Waals surface area contributed by atoms with E-state index >= 15 is 0 Å². The van der Waals surface area contributed by atoms with E-state index in [1.165, 1.54) is 6.20 Å². The normalized spacial score (nSPS) is 10.8. The minimum Gasteiger partial charge on any atom is -0.464 e. The Morgan fingerprint density at radius 3 is 1.88 bits per heavy atom. The van der Waals surface area contributed by atoms with Gasteiger partial charge in [-0.25, -0.2) is 9.36 Å². The lowest BCUT2D eigenvalue weighted by Gasteiger charge is -2.20. The molecule has 1 N–H and O–H groups in total. The van der Waals surface area contributed by atoms with Crippen LogP contribution in [0.15, 0.2) is 77.7 Å². The van der Waals surface area contributed by atoms with Crippen molar-refractivity contribution in [2.45, 2.75) is 12.8 Å². The number of rotatable bonds is 3. The summed E-state index contributed by atoms with van der Waals surface area (Å²) in [6, 6.07) is 21.5. The lowest BCUT2D eigenvalue weighted by Crippen LogP contribution is -2.28. The lowest BCUT2D eigenvalue weighted by molar-refractivity contribution is 0.195. The van der Waals surface area contributed by atoms with Crippen molar-refractivity contribution in [3.63, 3.8) is 0 Å². The molecule has 0 fully saturated rings. The van der Waals surface area contributed by atoms with Gasteiger partial charge in [0.2, 0.25) is 0 Å². The minimum absolute atomic E-state index is 0.141. The molecule has 0 saturated carbocycles. The van der Waals surface area contributed by atoms with Crippen LogP contribution < -0.4 is 5.56 Å². The Labute approximate surface area is 139 Å². The maximum atomic E-state index is 12.0. The number of pyridine rings is 1. The van der Waals surface area contributed by atoms with Gasteiger partial charge < -0.3 is 5.11 Å². The van der Waals surface area contributed by atoms with Gasteiger partial charge in [-0.05, 0) is 29.7 Å². The maximum absolute atomic E-state index is 12.0. The minimum atomic E-state index is -1.27. The summed E-state index contributed by atoms with van der Waals surface area (Å²) in [5.74, 6) is -0.141. The molecule has 0 saturated heterocycles. The van der Waals surface area contributed by atoms with Crippen LogP contribution in [0.4, 0.5) is 4.79 Å². The molecule has 3 aromatic rings. The van der Waals surface area contributed by atoms with Gasteiger partial charge in [0, 0.05) is 17.7 Å². The molecule has 0 aliphatic rings. The number of nitrogens with zero attached hydrogens (tertiary/aromatic N) is 1. The quantitative estimate of drug-likeness (QED) is 0.797. The zero-order valence-electron chi connectivity index (χ0n) is 13.2. The van der Waals surface area contributed by atoms with Crippen LogP contribution in [0.1, 0.15) is 28.2 Å². The average molecular weight is 319 g/mol. The largest absolute Gasteiger partial charge is 0.464 e. The van der Waals surface area contributed by atoms with E-state index in [0.29, 0.717) is 5.56 Å². The van der Waals surface area contributed by atoms with Gasteiger partial charge >= 0.3 is 6.09 Å². The standard InChI is InChI=1S/C20H17NO3/c1-14-12-17(13-21(19(14)22)20(23)24)18(15-8-4-2-5-9-15)16-10-6-3-7-11-16/h2-13,18H,1H3,(H,23,24). The highest BCUT2D eigenvalue weighted by Gasteiger charge is 2.19. The third-order valence-corrected chi connectivity index (χ3v) is 4.02. The molecule has 0 aliphatic carbocycles. The highest BCUT2D eigenvalue weighted by atomic mass is 16.4. The molecule has 3 rings (SSSR count). The highest BCUT2D eigenvalue weighted by molar-refractivity contribution is 5.68. The van der Waals surface area contributed by atoms with Crippen LogP contribution in [0.5, 0.6) is 0 Å². The fourth-order valence-corrected chi connectivity index (χ4v) is 2.91. The van der Waals surface area contributed by atoms with Crippen LogP contribution in [-0.2, 0) is 0 Å².